The van der Waals surface area contributed by atoms with E-state index in [1.165, 1.54) is 25.1 Å². The van der Waals surface area contributed by atoms with Crippen molar-refractivity contribution in [3.63, 3.8) is 0 Å². The lowest BCUT2D eigenvalue weighted by Crippen LogP contribution is -2.30. The Morgan fingerprint density at radius 1 is 1.24 bits per heavy atom. The van der Waals surface area contributed by atoms with Crippen molar-refractivity contribution in [2.45, 2.75) is 46.6 Å². The van der Waals surface area contributed by atoms with Gasteiger partial charge in [0, 0.05) is 29.6 Å². The van der Waals surface area contributed by atoms with E-state index in [-0.39, 0.29) is 6.42 Å². The van der Waals surface area contributed by atoms with Gasteiger partial charge in [0.25, 0.3) is 5.91 Å². The molecule has 1 N–H and O–H groups in total. The monoisotopic (exact) mass is 398 g/mol. The first-order valence-electron chi connectivity index (χ1n) is 9.33. The van der Waals surface area contributed by atoms with Crippen molar-refractivity contribution in [1.82, 2.24) is 14.6 Å². The van der Waals surface area contributed by atoms with Crippen LogP contribution in [0.1, 0.15) is 36.0 Å². The maximum Gasteiger partial charge on any atom is 0.306 e. The number of carbonyl (C=O) groups excluding carboxylic acids is 2. The van der Waals surface area contributed by atoms with Crippen molar-refractivity contribution in [2.24, 2.45) is 0 Å². The molecule has 3 rings (SSSR count). The second kappa shape index (κ2) is 8.38. The van der Waals surface area contributed by atoms with Crippen LogP contribution in [0, 0.1) is 26.6 Å². The molecule has 0 aliphatic carbocycles. The van der Waals surface area contributed by atoms with Crippen molar-refractivity contribution in [3.8, 4) is 0 Å². The third-order valence-corrected chi connectivity index (χ3v) is 4.63. The van der Waals surface area contributed by atoms with E-state index in [2.05, 4.69) is 15.4 Å². The Balaban J connectivity index is 1.59. The molecular formula is C21H23FN4O3. The number of hydrogen-bond acceptors (Lipinski definition) is 5. The molecule has 0 fully saturated rings. The van der Waals surface area contributed by atoms with E-state index in [0.29, 0.717) is 12.1 Å². The number of aromatic nitrogens is 3. The number of anilines is 1. The first-order valence-corrected chi connectivity index (χ1v) is 9.33. The Labute approximate surface area is 167 Å². The van der Waals surface area contributed by atoms with Gasteiger partial charge in [0.05, 0.1) is 5.69 Å². The first-order chi connectivity index (χ1) is 13.7. The topological polar surface area (TPSA) is 85.6 Å². The molecule has 29 heavy (non-hydrogen) atoms. The molecule has 0 unspecified atom stereocenters. The molecule has 8 heteroatoms. The Morgan fingerprint density at radius 3 is 2.72 bits per heavy atom. The van der Waals surface area contributed by atoms with Crippen LogP contribution in [0.2, 0.25) is 0 Å². The molecule has 0 aliphatic heterocycles. The summed E-state index contributed by atoms with van der Waals surface area (Å²) >= 11 is 0. The van der Waals surface area contributed by atoms with Gasteiger partial charge in [-0.2, -0.15) is 5.10 Å². The summed E-state index contributed by atoms with van der Waals surface area (Å²) in [6.07, 6.45) is -0.467. The fraction of sp³-hybridized carbons (Fsp3) is 0.333. The molecule has 0 spiro atoms. The number of amides is 1. The average molecular weight is 398 g/mol. The largest absolute Gasteiger partial charge is 0.453 e. The van der Waals surface area contributed by atoms with Gasteiger partial charge in [-0.1, -0.05) is 6.07 Å². The van der Waals surface area contributed by atoms with Gasteiger partial charge in [0.15, 0.2) is 11.8 Å². The summed E-state index contributed by atoms with van der Waals surface area (Å²) in [6, 6.07) is 7.41. The standard InChI is InChI=1S/C21H23FN4O3/c1-12-10-19-23-13(2)18(14(3)26(19)25-12)8-9-20(27)29-15(4)21(28)24-17-7-5-6-16(22)11-17/h5-7,10-11,15H,8-9H2,1-4H3,(H,24,28)/t15-/m0/s1. The lowest BCUT2D eigenvalue weighted by Gasteiger charge is -2.14. The minimum Gasteiger partial charge on any atom is -0.453 e. The highest BCUT2D eigenvalue weighted by molar-refractivity contribution is 5.95. The minimum atomic E-state index is -0.998. The van der Waals surface area contributed by atoms with Crippen molar-refractivity contribution in [1.29, 1.82) is 0 Å². The Kier molecular flexibility index (Phi) is 5.91. The van der Waals surface area contributed by atoms with E-state index >= 15 is 0 Å². The summed E-state index contributed by atoms with van der Waals surface area (Å²) in [7, 11) is 0. The van der Waals surface area contributed by atoms with Crippen molar-refractivity contribution in [2.75, 3.05) is 5.32 Å². The predicted octanol–water partition coefficient (Wildman–Crippen LogP) is 3.30. The van der Waals surface area contributed by atoms with E-state index in [4.69, 9.17) is 4.74 Å². The zero-order valence-corrected chi connectivity index (χ0v) is 16.8. The third-order valence-electron chi connectivity index (χ3n) is 4.63. The minimum absolute atomic E-state index is 0.104. The van der Waals surface area contributed by atoms with E-state index in [9.17, 15) is 14.0 Å². The van der Waals surface area contributed by atoms with Gasteiger partial charge in [-0.15, -0.1) is 0 Å². The van der Waals surface area contributed by atoms with Crippen LogP contribution in [0.25, 0.3) is 5.65 Å². The van der Waals surface area contributed by atoms with Gasteiger partial charge in [0.2, 0.25) is 0 Å². The van der Waals surface area contributed by atoms with Crippen molar-refractivity contribution < 1.29 is 18.7 Å². The van der Waals surface area contributed by atoms with Crippen LogP contribution in [-0.4, -0.2) is 32.6 Å². The van der Waals surface area contributed by atoms with Crippen LogP contribution in [-0.2, 0) is 20.7 Å². The Hall–Kier alpha value is -3.29. The summed E-state index contributed by atoms with van der Waals surface area (Å²) < 4.78 is 20.2. The number of nitrogens with one attached hydrogen (secondary N) is 1. The molecule has 7 nitrogen and oxygen atoms in total. The van der Waals surface area contributed by atoms with E-state index < -0.39 is 23.8 Å². The lowest BCUT2D eigenvalue weighted by atomic mass is 10.1. The maximum absolute atomic E-state index is 13.2. The smallest absolute Gasteiger partial charge is 0.306 e. The Morgan fingerprint density at radius 2 is 2.00 bits per heavy atom. The summed E-state index contributed by atoms with van der Waals surface area (Å²) in [5.41, 5.74) is 4.62. The SMILES string of the molecule is Cc1cc2nc(C)c(CCC(=O)O[C@@H](C)C(=O)Nc3cccc(F)c3)c(C)n2n1. The summed E-state index contributed by atoms with van der Waals surface area (Å²) in [5.74, 6) is -1.48. The molecule has 2 heterocycles. The van der Waals surface area contributed by atoms with Crippen molar-refractivity contribution >= 4 is 23.2 Å². The zero-order chi connectivity index (χ0) is 21.1. The molecule has 0 radical (unpaired) electrons. The van der Waals surface area contributed by atoms with Crippen LogP contribution in [0.5, 0.6) is 0 Å². The van der Waals surface area contributed by atoms with Gasteiger partial charge in [0.1, 0.15) is 5.82 Å². The second-order valence-corrected chi connectivity index (χ2v) is 6.95. The van der Waals surface area contributed by atoms with Crippen LogP contribution < -0.4 is 5.32 Å². The van der Waals surface area contributed by atoms with Crippen LogP contribution in [0.4, 0.5) is 10.1 Å². The quantitative estimate of drug-likeness (QED) is 0.644. The number of fused-ring (bicyclic) bond motifs is 1. The van der Waals surface area contributed by atoms with Gasteiger partial charge < -0.3 is 10.1 Å². The normalized spacial score (nSPS) is 12.0. The highest BCUT2D eigenvalue weighted by Gasteiger charge is 2.19. The number of esters is 1. The number of ether oxygens (including phenoxy) is 1. The molecule has 0 saturated carbocycles. The number of halogens is 1. The molecule has 0 bridgehead atoms. The zero-order valence-electron chi connectivity index (χ0n) is 16.8. The van der Waals surface area contributed by atoms with Gasteiger partial charge in [-0.3, -0.25) is 9.59 Å². The summed E-state index contributed by atoms with van der Waals surface area (Å²) in [5, 5.41) is 6.94. The molecule has 2 aromatic heterocycles. The van der Waals surface area contributed by atoms with E-state index in [1.807, 2.05) is 26.8 Å². The van der Waals surface area contributed by atoms with Gasteiger partial charge >= 0.3 is 5.97 Å². The first kappa shape index (κ1) is 20.4. The highest BCUT2D eigenvalue weighted by atomic mass is 19.1. The molecule has 0 aliphatic rings. The second-order valence-electron chi connectivity index (χ2n) is 6.95. The number of carbonyl (C=O) groups is 2. The van der Waals surface area contributed by atoms with Gasteiger partial charge in [-0.25, -0.2) is 13.9 Å². The number of nitrogens with zero attached hydrogens (tertiary/aromatic N) is 3. The summed E-state index contributed by atoms with van der Waals surface area (Å²) in [4.78, 5) is 28.9. The third kappa shape index (κ3) is 4.77. The van der Waals surface area contributed by atoms with Crippen LogP contribution >= 0.6 is 0 Å². The van der Waals surface area contributed by atoms with Crippen LogP contribution in [0.3, 0.4) is 0 Å². The molecule has 152 valence electrons. The molecular weight excluding hydrogens is 375 g/mol. The van der Waals surface area contributed by atoms with E-state index in [0.717, 1.165) is 28.3 Å². The highest BCUT2D eigenvalue weighted by Crippen LogP contribution is 2.17. The van der Waals surface area contributed by atoms with Crippen molar-refractivity contribution in [3.05, 3.63) is 58.8 Å². The number of hydrogen-bond donors (Lipinski definition) is 1. The Bertz CT molecular complexity index is 1080. The number of rotatable bonds is 6. The van der Waals surface area contributed by atoms with Crippen LogP contribution in [0.15, 0.2) is 30.3 Å². The number of aryl methyl sites for hydroxylation is 3. The number of benzene rings is 1. The molecule has 1 amide bonds. The lowest BCUT2D eigenvalue weighted by molar-refractivity contribution is -0.153. The van der Waals surface area contributed by atoms with E-state index in [1.54, 1.807) is 10.6 Å². The molecule has 3 aromatic rings. The molecule has 0 saturated heterocycles. The average Bonchev–Trinajstić information content (AvgIpc) is 3.01. The maximum atomic E-state index is 13.2. The summed E-state index contributed by atoms with van der Waals surface area (Å²) in [6.45, 7) is 7.20. The predicted molar refractivity (Wildman–Crippen MR) is 106 cm³/mol. The molecule has 1 atom stereocenters. The fourth-order valence-corrected chi connectivity index (χ4v) is 3.15. The molecule has 1 aromatic carbocycles. The van der Waals surface area contributed by atoms with Gasteiger partial charge in [-0.05, 0) is 57.9 Å². The fourth-order valence-electron chi connectivity index (χ4n) is 3.15.